The van der Waals surface area contributed by atoms with E-state index in [1.807, 2.05) is 0 Å². The summed E-state index contributed by atoms with van der Waals surface area (Å²) < 4.78 is 0. The first-order valence-electron chi connectivity index (χ1n) is 2.78. The molecular weight excluding hydrogens is 276 g/mol. The molecule has 0 aromatic heterocycles. The lowest BCUT2D eigenvalue weighted by atomic mass is 10.4. The van der Waals surface area contributed by atoms with Crippen LogP contribution in [0.2, 0.25) is 10.0 Å². The molecule has 1 radical (unpaired) electrons. The first-order valence-corrected chi connectivity index (χ1v) is 8.77. The summed E-state index contributed by atoms with van der Waals surface area (Å²) in [6.07, 6.45) is 0. The summed E-state index contributed by atoms with van der Waals surface area (Å²) in [6.45, 7) is 0. The minimum absolute atomic E-state index is 0.553. The number of benzene rings is 1. The van der Waals surface area contributed by atoms with E-state index >= 15 is 0 Å². The average molecular weight is 279 g/mol. The summed E-state index contributed by atoms with van der Waals surface area (Å²) in [5, 5.41) is 1.11. The molecule has 1 rings (SSSR count). The van der Waals surface area contributed by atoms with Crippen LogP contribution in [0.4, 0.5) is 0 Å². The minimum atomic E-state index is -1.72. The van der Waals surface area contributed by atoms with Gasteiger partial charge in [-0.3, -0.25) is 0 Å². The number of hydrogen-bond donors (Lipinski definition) is 0. The smallest absolute Gasteiger partial charge is 0.214 e. The van der Waals surface area contributed by atoms with Crippen LogP contribution in [0, 0.1) is 6.07 Å². The van der Waals surface area contributed by atoms with Crippen molar-refractivity contribution in [3.05, 3.63) is 34.3 Å². The molecule has 65 valence electrons. The first kappa shape index (κ1) is 13.2. The molecule has 0 amide bonds. The van der Waals surface area contributed by atoms with Crippen molar-refractivity contribution < 1.29 is 0 Å². The molecule has 1 aromatic rings. The van der Waals surface area contributed by atoms with E-state index in [1.165, 1.54) is 0 Å². The largest absolute Gasteiger partial charge is 0.643 e. The summed E-state index contributed by atoms with van der Waals surface area (Å²) in [4.78, 5) is 0. The SMILES string of the molecule is Clc1[c]c(Cl)ccc1.[Cl][Al]([Cl])[Cl]. The van der Waals surface area contributed by atoms with Crippen LogP contribution in [0.3, 0.4) is 0 Å². The van der Waals surface area contributed by atoms with Crippen molar-refractivity contribution in [1.82, 2.24) is 0 Å². The zero-order valence-corrected chi connectivity index (χ0v) is 10.6. The molecule has 6 heteroatoms. The second-order valence-electron chi connectivity index (χ2n) is 1.59. The summed E-state index contributed by atoms with van der Waals surface area (Å²) in [5.74, 6) is 0. The van der Waals surface area contributed by atoms with Crippen LogP contribution in [0.5, 0.6) is 0 Å². The van der Waals surface area contributed by atoms with Crippen LogP contribution in [0.15, 0.2) is 18.2 Å². The van der Waals surface area contributed by atoms with Gasteiger partial charge in [-0.1, -0.05) is 29.3 Å². The third kappa shape index (κ3) is 9.29. The molecule has 0 aliphatic rings. The Labute approximate surface area is 98.3 Å². The standard InChI is InChI=1S/C6H3Cl2.Al.3ClH/c7-5-2-1-3-6(8)4-5;;;;/h1-3H;;3*1H/q;+3;;;/p-3. The third-order valence-electron chi connectivity index (χ3n) is 0.724. The van der Waals surface area contributed by atoms with Gasteiger partial charge in [0.25, 0.3) is 0 Å². The lowest BCUT2D eigenvalue weighted by Crippen LogP contribution is -1.66. The number of hydrogen-bond acceptors (Lipinski definition) is 0. The van der Waals surface area contributed by atoms with Crippen LogP contribution in [0.25, 0.3) is 0 Å². The quantitative estimate of drug-likeness (QED) is 0.614. The molecule has 1 aromatic carbocycles. The number of halogens is 5. The predicted octanol–water partition coefficient (Wildman–Crippen LogP) is 4.48. The first-order chi connectivity index (χ1) is 5.52. The molecule has 0 N–H and O–H groups in total. The van der Waals surface area contributed by atoms with Crippen molar-refractivity contribution in [2.45, 2.75) is 0 Å². The van der Waals surface area contributed by atoms with Crippen molar-refractivity contribution in [1.29, 1.82) is 0 Å². The van der Waals surface area contributed by atoms with E-state index in [0.29, 0.717) is 10.0 Å². The van der Waals surface area contributed by atoms with Crippen molar-refractivity contribution in [3.8, 4) is 0 Å². The van der Waals surface area contributed by atoms with E-state index in [-0.39, 0.29) is 0 Å². The zero-order chi connectivity index (χ0) is 9.56. The van der Waals surface area contributed by atoms with E-state index in [1.54, 1.807) is 18.2 Å². The molecule has 0 unspecified atom stereocenters. The summed E-state index contributed by atoms with van der Waals surface area (Å²) >= 11 is 9.29. The van der Waals surface area contributed by atoms with E-state index in [9.17, 15) is 0 Å². The van der Waals surface area contributed by atoms with Gasteiger partial charge in [0, 0.05) is 16.1 Å². The highest BCUT2D eigenvalue weighted by molar-refractivity contribution is 7.54. The molecule has 0 aliphatic heterocycles. The molecule has 0 saturated heterocycles. The number of rotatable bonds is 0. The fourth-order valence-electron chi connectivity index (χ4n) is 0.414. The van der Waals surface area contributed by atoms with E-state index in [4.69, 9.17) is 53.3 Å². The Morgan fingerprint density at radius 1 is 1.00 bits per heavy atom. The van der Waals surface area contributed by atoms with E-state index in [0.717, 1.165) is 0 Å². The maximum absolute atomic E-state index is 5.50. The van der Waals surface area contributed by atoms with Gasteiger partial charge in [0.15, 0.2) is 0 Å². The summed E-state index contributed by atoms with van der Waals surface area (Å²) in [7, 11) is 14.8. The van der Waals surface area contributed by atoms with Crippen LogP contribution in [-0.2, 0) is 0 Å². The van der Waals surface area contributed by atoms with Crippen LogP contribution < -0.4 is 0 Å². The van der Waals surface area contributed by atoms with Crippen molar-refractivity contribution in [2.75, 3.05) is 0 Å². The fourth-order valence-corrected chi connectivity index (χ4v) is 0.812. The van der Waals surface area contributed by atoms with Crippen LogP contribution in [-0.4, -0.2) is 11.4 Å². The van der Waals surface area contributed by atoms with Crippen molar-refractivity contribution >= 4 is 64.7 Å². The Kier molecular flexibility index (Phi) is 8.35. The molecule has 12 heavy (non-hydrogen) atoms. The summed E-state index contributed by atoms with van der Waals surface area (Å²) in [5.41, 5.74) is 0. The normalized spacial score (nSPS) is 8.42. The zero-order valence-electron chi connectivity index (χ0n) is 5.70. The van der Waals surface area contributed by atoms with Crippen molar-refractivity contribution in [2.24, 2.45) is 0 Å². The van der Waals surface area contributed by atoms with Gasteiger partial charge >= 0.3 is 11.4 Å². The van der Waals surface area contributed by atoms with Gasteiger partial charge in [-0.05, 0) is 12.1 Å². The Hall–Kier alpha value is 1.20. The summed E-state index contributed by atoms with van der Waals surface area (Å²) in [6, 6.07) is 7.94. The molecule has 0 saturated carbocycles. The lowest BCUT2D eigenvalue weighted by molar-refractivity contribution is 1.69. The van der Waals surface area contributed by atoms with Crippen molar-refractivity contribution in [3.63, 3.8) is 0 Å². The minimum Gasteiger partial charge on any atom is -0.214 e. The van der Waals surface area contributed by atoms with Gasteiger partial charge < -0.3 is 0 Å². The van der Waals surface area contributed by atoms with Gasteiger partial charge in [0.1, 0.15) is 0 Å². The molecule has 0 fully saturated rings. The average Bonchev–Trinajstić information content (AvgIpc) is 1.84. The van der Waals surface area contributed by atoms with Crippen LogP contribution in [0.1, 0.15) is 0 Å². The van der Waals surface area contributed by atoms with Gasteiger partial charge in [-0.15, -0.1) is 0 Å². The monoisotopic (exact) mass is 277 g/mol. The molecule has 0 atom stereocenters. The Bertz CT molecular complexity index is 207. The maximum Gasteiger partial charge on any atom is 0.643 e. The van der Waals surface area contributed by atoms with Gasteiger partial charge in [0.2, 0.25) is 0 Å². The molecule has 0 heterocycles. The topological polar surface area (TPSA) is 0 Å². The molecule has 0 bridgehead atoms. The fraction of sp³-hybridized carbons (Fsp3) is 0. The Balaban J connectivity index is 0.000000261. The highest BCUT2D eigenvalue weighted by Crippen LogP contribution is 2.12. The molecule has 0 spiro atoms. The van der Waals surface area contributed by atoms with Crippen LogP contribution >= 0.6 is 53.3 Å². The lowest BCUT2D eigenvalue weighted by Gasteiger charge is -1.85. The van der Waals surface area contributed by atoms with E-state index in [2.05, 4.69) is 6.07 Å². The van der Waals surface area contributed by atoms with Gasteiger partial charge in [-0.2, -0.15) is 0 Å². The predicted molar refractivity (Wildman–Crippen MR) is 58.6 cm³/mol. The highest BCUT2D eigenvalue weighted by Gasteiger charge is 2.00. The second-order valence-corrected chi connectivity index (χ2v) is 8.84. The third-order valence-corrected chi connectivity index (χ3v) is 1.16. The van der Waals surface area contributed by atoms with E-state index < -0.39 is 11.4 Å². The van der Waals surface area contributed by atoms with Gasteiger partial charge in [0.05, 0.1) is 0 Å². The maximum atomic E-state index is 5.50. The molecule has 0 nitrogen and oxygen atoms in total. The Morgan fingerprint density at radius 3 is 1.50 bits per heavy atom. The Morgan fingerprint density at radius 2 is 1.33 bits per heavy atom. The highest BCUT2D eigenvalue weighted by atomic mass is 35.8. The molecule has 0 aliphatic carbocycles. The second kappa shape index (κ2) is 7.59. The van der Waals surface area contributed by atoms with Gasteiger partial charge in [-0.25, -0.2) is 30.1 Å². The molecular formula is C6H3AlCl5.